The molecule has 0 aliphatic rings. The van der Waals surface area contributed by atoms with Crippen LogP contribution >= 0.6 is 0 Å². The van der Waals surface area contributed by atoms with E-state index in [0.29, 0.717) is 0 Å². The smallest absolute Gasteiger partial charge is 0.0986 e. The van der Waals surface area contributed by atoms with E-state index in [4.69, 9.17) is 4.98 Å². The molecule has 3 aromatic rings. The molecule has 2 heterocycles. The number of hydrogen-bond acceptors (Lipinski definition) is 3. The van der Waals surface area contributed by atoms with Crippen molar-refractivity contribution in [3.05, 3.63) is 53.5 Å². The summed E-state index contributed by atoms with van der Waals surface area (Å²) in [5, 5.41) is 0. The van der Waals surface area contributed by atoms with Gasteiger partial charge in [0.15, 0.2) is 0 Å². The number of fused-ring (bicyclic) bond motifs is 1. The molecule has 3 nitrogen and oxygen atoms in total. The van der Waals surface area contributed by atoms with Crippen molar-refractivity contribution in [2.45, 2.75) is 20.8 Å². The normalized spacial score (nSPS) is 10.9. The first kappa shape index (κ1) is 11.8. The van der Waals surface area contributed by atoms with E-state index in [-0.39, 0.29) is 0 Å². The molecule has 3 heteroatoms. The highest BCUT2D eigenvalue weighted by Gasteiger charge is 2.10. The highest BCUT2D eigenvalue weighted by molar-refractivity contribution is 5.92. The van der Waals surface area contributed by atoms with E-state index in [9.17, 15) is 0 Å². The Morgan fingerprint density at radius 1 is 0.789 bits per heavy atom. The Morgan fingerprint density at radius 3 is 2.21 bits per heavy atom. The third kappa shape index (κ3) is 1.97. The summed E-state index contributed by atoms with van der Waals surface area (Å²) < 4.78 is 0. The standard InChI is InChI=1S/C16H15N3/c1-10-7-8-13(14-6-4-5-9-17-14)16-15(10)18-11(2)12(3)19-16/h4-9H,1-3H3. The van der Waals surface area contributed by atoms with Crippen molar-refractivity contribution in [2.75, 3.05) is 0 Å². The summed E-state index contributed by atoms with van der Waals surface area (Å²) in [4.78, 5) is 13.8. The Balaban J connectivity index is 2.38. The molecule has 0 aliphatic heterocycles. The zero-order valence-electron chi connectivity index (χ0n) is 11.3. The van der Waals surface area contributed by atoms with E-state index in [2.05, 4.69) is 29.0 Å². The fraction of sp³-hybridized carbons (Fsp3) is 0.188. The quantitative estimate of drug-likeness (QED) is 0.661. The molecule has 0 saturated heterocycles. The lowest BCUT2D eigenvalue weighted by molar-refractivity contribution is 1.10. The van der Waals surface area contributed by atoms with Crippen LogP contribution in [0.5, 0.6) is 0 Å². The molecule has 0 radical (unpaired) electrons. The SMILES string of the molecule is Cc1nc2c(C)ccc(-c3ccccn3)c2nc1C. The number of pyridine rings is 1. The summed E-state index contributed by atoms with van der Waals surface area (Å²) in [6.45, 7) is 6.05. The second-order valence-electron chi connectivity index (χ2n) is 4.74. The summed E-state index contributed by atoms with van der Waals surface area (Å²) in [6.07, 6.45) is 1.80. The zero-order valence-corrected chi connectivity index (χ0v) is 11.3. The molecule has 0 fully saturated rings. The number of aromatic nitrogens is 3. The monoisotopic (exact) mass is 249 g/mol. The maximum Gasteiger partial charge on any atom is 0.0986 e. The van der Waals surface area contributed by atoms with Crippen LogP contribution in [0.15, 0.2) is 36.5 Å². The summed E-state index contributed by atoms with van der Waals surface area (Å²) in [7, 11) is 0. The van der Waals surface area contributed by atoms with Crippen molar-refractivity contribution < 1.29 is 0 Å². The van der Waals surface area contributed by atoms with Gasteiger partial charge in [-0.3, -0.25) is 4.98 Å². The van der Waals surface area contributed by atoms with Crippen LogP contribution in [0.1, 0.15) is 17.0 Å². The molecule has 94 valence electrons. The second kappa shape index (κ2) is 4.43. The van der Waals surface area contributed by atoms with Gasteiger partial charge < -0.3 is 0 Å². The van der Waals surface area contributed by atoms with Gasteiger partial charge in [0.1, 0.15) is 0 Å². The minimum Gasteiger partial charge on any atom is -0.256 e. The molecule has 0 spiro atoms. The molecule has 2 aromatic heterocycles. The van der Waals surface area contributed by atoms with Gasteiger partial charge in [-0.15, -0.1) is 0 Å². The van der Waals surface area contributed by atoms with Gasteiger partial charge in [-0.1, -0.05) is 18.2 Å². The van der Waals surface area contributed by atoms with Gasteiger partial charge in [-0.25, -0.2) is 9.97 Å². The van der Waals surface area contributed by atoms with Crippen LogP contribution in [0, 0.1) is 20.8 Å². The Morgan fingerprint density at radius 2 is 1.53 bits per heavy atom. The van der Waals surface area contributed by atoms with Gasteiger partial charge in [0.05, 0.1) is 28.1 Å². The molecule has 0 aliphatic carbocycles. The molecule has 0 bridgehead atoms. The topological polar surface area (TPSA) is 38.7 Å². The molecular formula is C16H15N3. The largest absolute Gasteiger partial charge is 0.256 e. The summed E-state index contributed by atoms with van der Waals surface area (Å²) in [5.41, 5.74) is 6.96. The third-order valence-corrected chi connectivity index (χ3v) is 3.38. The first-order valence-corrected chi connectivity index (χ1v) is 6.33. The Hall–Kier alpha value is -2.29. The van der Waals surface area contributed by atoms with Crippen molar-refractivity contribution in [1.29, 1.82) is 0 Å². The summed E-state index contributed by atoms with van der Waals surface area (Å²) in [5.74, 6) is 0. The van der Waals surface area contributed by atoms with E-state index in [1.54, 1.807) is 6.20 Å². The van der Waals surface area contributed by atoms with Crippen molar-refractivity contribution >= 4 is 11.0 Å². The molecule has 3 rings (SSSR count). The van der Waals surface area contributed by atoms with E-state index >= 15 is 0 Å². The highest BCUT2D eigenvalue weighted by atomic mass is 14.8. The van der Waals surface area contributed by atoms with Crippen molar-refractivity contribution in [3.63, 3.8) is 0 Å². The molecule has 1 aromatic carbocycles. The van der Waals surface area contributed by atoms with Crippen LogP contribution in [0.4, 0.5) is 0 Å². The van der Waals surface area contributed by atoms with Gasteiger partial charge in [-0.2, -0.15) is 0 Å². The fourth-order valence-corrected chi connectivity index (χ4v) is 2.16. The Labute approximate surface area is 112 Å². The Kier molecular flexibility index (Phi) is 2.75. The predicted molar refractivity (Wildman–Crippen MR) is 77.0 cm³/mol. The minimum absolute atomic E-state index is 0.932. The first-order chi connectivity index (χ1) is 9.16. The van der Waals surface area contributed by atoms with E-state index < -0.39 is 0 Å². The molecule has 0 unspecified atom stereocenters. The average molecular weight is 249 g/mol. The van der Waals surface area contributed by atoms with Crippen LogP contribution in [0.2, 0.25) is 0 Å². The van der Waals surface area contributed by atoms with Crippen molar-refractivity contribution in [3.8, 4) is 11.3 Å². The second-order valence-corrected chi connectivity index (χ2v) is 4.74. The number of benzene rings is 1. The summed E-state index contributed by atoms with van der Waals surface area (Å²) >= 11 is 0. The molecular weight excluding hydrogens is 234 g/mol. The van der Waals surface area contributed by atoms with Crippen LogP contribution in [0.25, 0.3) is 22.3 Å². The molecule has 0 N–H and O–H groups in total. The summed E-state index contributed by atoms with van der Waals surface area (Å²) in [6, 6.07) is 10.1. The zero-order chi connectivity index (χ0) is 13.4. The van der Waals surface area contributed by atoms with Crippen LogP contribution in [-0.4, -0.2) is 15.0 Å². The van der Waals surface area contributed by atoms with E-state index in [1.165, 1.54) is 0 Å². The number of nitrogens with zero attached hydrogens (tertiary/aromatic N) is 3. The lowest BCUT2D eigenvalue weighted by Crippen LogP contribution is -1.97. The highest BCUT2D eigenvalue weighted by Crippen LogP contribution is 2.27. The molecule has 0 saturated carbocycles. The maximum atomic E-state index is 4.71. The van der Waals surface area contributed by atoms with E-state index in [0.717, 1.165) is 39.2 Å². The Bertz CT molecular complexity index is 749. The average Bonchev–Trinajstić information content (AvgIpc) is 2.42. The third-order valence-electron chi connectivity index (χ3n) is 3.38. The van der Waals surface area contributed by atoms with Gasteiger partial charge in [-0.05, 0) is 38.5 Å². The number of rotatable bonds is 1. The molecule has 0 amide bonds. The molecule has 0 atom stereocenters. The fourth-order valence-electron chi connectivity index (χ4n) is 2.16. The molecule has 19 heavy (non-hydrogen) atoms. The van der Waals surface area contributed by atoms with Gasteiger partial charge in [0, 0.05) is 11.8 Å². The number of aryl methyl sites for hydroxylation is 3. The predicted octanol–water partition coefficient (Wildman–Crippen LogP) is 3.62. The van der Waals surface area contributed by atoms with Crippen LogP contribution in [0.3, 0.4) is 0 Å². The van der Waals surface area contributed by atoms with Crippen LogP contribution < -0.4 is 0 Å². The maximum absolute atomic E-state index is 4.71. The van der Waals surface area contributed by atoms with Crippen molar-refractivity contribution in [2.24, 2.45) is 0 Å². The van der Waals surface area contributed by atoms with Crippen molar-refractivity contribution in [1.82, 2.24) is 15.0 Å². The lowest BCUT2D eigenvalue weighted by atomic mass is 10.0. The first-order valence-electron chi connectivity index (χ1n) is 6.33. The minimum atomic E-state index is 0.932. The van der Waals surface area contributed by atoms with Gasteiger partial charge in [0.25, 0.3) is 0 Å². The van der Waals surface area contributed by atoms with Gasteiger partial charge >= 0.3 is 0 Å². The number of hydrogen-bond donors (Lipinski definition) is 0. The van der Waals surface area contributed by atoms with E-state index in [1.807, 2.05) is 32.0 Å². The van der Waals surface area contributed by atoms with Crippen LogP contribution in [-0.2, 0) is 0 Å². The van der Waals surface area contributed by atoms with Gasteiger partial charge in [0.2, 0.25) is 0 Å². The lowest BCUT2D eigenvalue weighted by Gasteiger charge is -2.09.